The van der Waals surface area contributed by atoms with Gasteiger partial charge in [-0.3, -0.25) is 4.79 Å². The van der Waals surface area contributed by atoms with Crippen LogP contribution in [-0.4, -0.2) is 19.2 Å². The Hall–Kier alpha value is -3.03. The molecule has 1 aliphatic rings. The number of oxazole rings is 1. The fourth-order valence-electron chi connectivity index (χ4n) is 3.06. The zero-order valence-electron chi connectivity index (χ0n) is 13.7. The Kier molecular flexibility index (Phi) is 3.43. The Morgan fingerprint density at radius 2 is 1.74 bits per heavy atom. The lowest BCUT2D eigenvalue weighted by molar-refractivity contribution is 0.104. The SMILES string of the molecule is O=C1/C(=C\c2cc3oc(-c4ccccc4)nc3s2)S(=O)(=O)c2ccccc21. The summed E-state index contributed by atoms with van der Waals surface area (Å²) in [5.74, 6) is 0.0292. The number of thiophene rings is 1. The normalized spacial score (nSPS) is 16.9. The van der Waals surface area contributed by atoms with Crippen molar-refractivity contribution < 1.29 is 17.6 Å². The quantitative estimate of drug-likeness (QED) is 0.466. The van der Waals surface area contributed by atoms with Crippen LogP contribution in [0.2, 0.25) is 0 Å². The van der Waals surface area contributed by atoms with Crippen LogP contribution in [0.25, 0.3) is 27.9 Å². The summed E-state index contributed by atoms with van der Waals surface area (Å²) in [6.45, 7) is 0. The lowest BCUT2D eigenvalue weighted by Crippen LogP contribution is -2.01. The van der Waals surface area contributed by atoms with Gasteiger partial charge in [0.15, 0.2) is 10.4 Å². The third-order valence-corrected chi connectivity index (χ3v) is 7.11. The first-order valence-corrected chi connectivity index (χ1v) is 10.4. The number of nitrogens with zero attached hydrogens (tertiary/aromatic N) is 1. The van der Waals surface area contributed by atoms with Crippen LogP contribution in [0.3, 0.4) is 0 Å². The Morgan fingerprint density at radius 1 is 1.00 bits per heavy atom. The minimum atomic E-state index is -3.80. The number of benzene rings is 2. The second-order valence-electron chi connectivity index (χ2n) is 6.04. The van der Waals surface area contributed by atoms with Crippen molar-refractivity contribution in [2.45, 2.75) is 4.90 Å². The smallest absolute Gasteiger partial charge is 0.228 e. The number of Topliss-reactive ketones (excluding diaryl/α,β-unsaturated/α-hetero) is 1. The van der Waals surface area contributed by atoms with Crippen LogP contribution >= 0.6 is 11.3 Å². The first kappa shape index (κ1) is 16.2. The number of fused-ring (bicyclic) bond motifs is 2. The highest BCUT2D eigenvalue weighted by Gasteiger charge is 2.38. The van der Waals surface area contributed by atoms with Crippen LogP contribution in [0.15, 0.2) is 74.9 Å². The zero-order chi connectivity index (χ0) is 18.6. The number of carbonyl (C=O) groups excluding carboxylic acids is 1. The monoisotopic (exact) mass is 393 g/mol. The topological polar surface area (TPSA) is 77.2 Å². The van der Waals surface area contributed by atoms with E-state index in [1.54, 1.807) is 18.2 Å². The fourth-order valence-corrected chi connectivity index (χ4v) is 5.61. The molecule has 7 heteroatoms. The van der Waals surface area contributed by atoms with E-state index < -0.39 is 15.6 Å². The molecule has 27 heavy (non-hydrogen) atoms. The van der Waals surface area contributed by atoms with Crippen LogP contribution in [0.4, 0.5) is 0 Å². The second kappa shape index (κ2) is 5.73. The Labute approximate surface area is 158 Å². The summed E-state index contributed by atoms with van der Waals surface area (Å²) in [5.41, 5.74) is 1.64. The Balaban J connectivity index is 1.57. The summed E-state index contributed by atoms with van der Waals surface area (Å²) in [7, 11) is -3.80. The average molecular weight is 393 g/mol. The lowest BCUT2D eigenvalue weighted by Gasteiger charge is -1.95. The number of aromatic nitrogens is 1. The molecule has 0 radical (unpaired) electrons. The number of ketones is 1. The van der Waals surface area contributed by atoms with Gasteiger partial charge in [0.2, 0.25) is 21.5 Å². The molecule has 0 bridgehead atoms. The van der Waals surface area contributed by atoms with Crippen LogP contribution in [-0.2, 0) is 9.84 Å². The Morgan fingerprint density at radius 3 is 2.48 bits per heavy atom. The van der Waals surface area contributed by atoms with Crippen molar-refractivity contribution in [1.29, 1.82) is 0 Å². The summed E-state index contributed by atoms with van der Waals surface area (Å²) < 4.78 is 31.1. The molecule has 0 unspecified atom stereocenters. The summed E-state index contributed by atoms with van der Waals surface area (Å²) >= 11 is 1.28. The van der Waals surface area contributed by atoms with Gasteiger partial charge in [0.05, 0.1) is 4.90 Å². The van der Waals surface area contributed by atoms with E-state index in [-0.39, 0.29) is 15.4 Å². The van der Waals surface area contributed by atoms with Crippen molar-refractivity contribution in [2.75, 3.05) is 0 Å². The van der Waals surface area contributed by atoms with E-state index in [0.29, 0.717) is 21.2 Å². The third-order valence-electron chi connectivity index (χ3n) is 4.34. The van der Waals surface area contributed by atoms with Gasteiger partial charge in [0, 0.05) is 22.1 Å². The van der Waals surface area contributed by atoms with E-state index in [1.807, 2.05) is 30.3 Å². The second-order valence-corrected chi connectivity index (χ2v) is 8.99. The number of hydrogen-bond donors (Lipinski definition) is 0. The molecule has 0 spiro atoms. The van der Waals surface area contributed by atoms with Gasteiger partial charge in [0.1, 0.15) is 4.91 Å². The largest absolute Gasteiger partial charge is 0.435 e. The van der Waals surface area contributed by atoms with Gasteiger partial charge in [-0.05, 0) is 30.3 Å². The van der Waals surface area contributed by atoms with E-state index in [4.69, 9.17) is 4.42 Å². The molecule has 0 fully saturated rings. The summed E-state index contributed by atoms with van der Waals surface area (Å²) in [4.78, 5) is 18.1. The minimum Gasteiger partial charge on any atom is -0.435 e. The van der Waals surface area contributed by atoms with Gasteiger partial charge in [-0.25, -0.2) is 8.42 Å². The van der Waals surface area contributed by atoms with Gasteiger partial charge < -0.3 is 4.42 Å². The average Bonchev–Trinajstić information content (AvgIpc) is 3.29. The van der Waals surface area contributed by atoms with Crippen molar-refractivity contribution in [2.24, 2.45) is 0 Å². The number of rotatable bonds is 2. The van der Waals surface area contributed by atoms with Crippen molar-refractivity contribution in [3.05, 3.63) is 76.0 Å². The maximum atomic E-state index is 12.7. The predicted octanol–water partition coefficient (Wildman–Crippen LogP) is 4.57. The lowest BCUT2D eigenvalue weighted by atomic mass is 10.1. The highest BCUT2D eigenvalue weighted by atomic mass is 32.2. The summed E-state index contributed by atoms with van der Waals surface area (Å²) in [5, 5.41) is 0. The van der Waals surface area contributed by atoms with Crippen molar-refractivity contribution >= 4 is 43.4 Å². The number of sulfone groups is 1. The highest BCUT2D eigenvalue weighted by Crippen LogP contribution is 2.37. The van der Waals surface area contributed by atoms with E-state index in [9.17, 15) is 13.2 Å². The molecule has 132 valence electrons. The maximum absolute atomic E-state index is 12.7. The molecule has 0 saturated carbocycles. The molecule has 0 N–H and O–H groups in total. The van der Waals surface area contributed by atoms with Crippen LogP contribution in [0.1, 0.15) is 15.2 Å². The number of hydrogen-bond acceptors (Lipinski definition) is 6. The van der Waals surface area contributed by atoms with Gasteiger partial charge in [0.25, 0.3) is 0 Å². The number of allylic oxidation sites excluding steroid dienone is 1. The van der Waals surface area contributed by atoms with Gasteiger partial charge in [-0.15, -0.1) is 11.3 Å². The predicted molar refractivity (Wildman–Crippen MR) is 103 cm³/mol. The summed E-state index contributed by atoms with van der Waals surface area (Å²) in [6.07, 6.45) is 1.40. The van der Waals surface area contributed by atoms with Crippen molar-refractivity contribution in [3.8, 4) is 11.5 Å². The summed E-state index contributed by atoms with van der Waals surface area (Å²) in [6, 6.07) is 17.5. The van der Waals surface area contributed by atoms with Crippen molar-refractivity contribution in [3.63, 3.8) is 0 Å². The molecule has 0 atom stereocenters. The van der Waals surface area contributed by atoms with Gasteiger partial charge in [-0.2, -0.15) is 4.98 Å². The minimum absolute atomic E-state index is 0.0611. The fraction of sp³-hybridized carbons (Fsp3) is 0. The number of carbonyl (C=O) groups is 1. The first-order valence-electron chi connectivity index (χ1n) is 8.10. The molecule has 0 aliphatic carbocycles. The van der Waals surface area contributed by atoms with E-state index in [2.05, 4.69) is 4.98 Å². The van der Waals surface area contributed by atoms with Gasteiger partial charge >= 0.3 is 0 Å². The first-order chi connectivity index (χ1) is 13.0. The molecule has 0 saturated heterocycles. The van der Waals surface area contributed by atoms with Crippen LogP contribution in [0, 0.1) is 0 Å². The maximum Gasteiger partial charge on any atom is 0.228 e. The molecule has 4 aromatic rings. The molecular formula is C20H11NO4S2. The molecule has 2 aromatic heterocycles. The third kappa shape index (κ3) is 2.47. The molecule has 2 aromatic carbocycles. The van der Waals surface area contributed by atoms with E-state index >= 15 is 0 Å². The van der Waals surface area contributed by atoms with E-state index in [1.165, 1.54) is 29.5 Å². The van der Waals surface area contributed by atoms with E-state index in [0.717, 1.165) is 5.56 Å². The van der Waals surface area contributed by atoms with Crippen LogP contribution in [0.5, 0.6) is 0 Å². The zero-order valence-corrected chi connectivity index (χ0v) is 15.4. The van der Waals surface area contributed by atoms with Crippen LogP contribution < -0.4 is 0 Å². The van der Waals surface area contributed by atoms with Gasteiger partial charge in [-0.1, -0.05) is 30.3 Å². The van der Waals surface area contributed by atoms with Crippen molar-refractivity contribution in [1.82, 2.24) is 4.98 Å². The molecule has 5 nitrogen and oxygen atoms in total. The Bertz CT molecular complexity index is 1310. The molecule has 0 amide bonds. The molecule has 5 rings (SSSR count). The highest BCUT2D eigenvalue weighted by molar-refractivity contribution is 7.97. The molecule has 3 heterocycles. The standard InChI is InChI=1S/C20H11NO4S2/c22-18-14-8-4-5-9-16(14)27(23,24)17(18)11-13-10-15-20(26-13)21-19(25-15)12-6-2-1-3-7-12/h1-11H/b17-11+. The molecule has 1 aliphatic heterocycles. The molecular weight excluding hydrogens is 382 g/mol.